The van der Waals surface area contributed by atoms with Crippen molar-refractivity contribution in [1.29, 1.82) is 0 Å². The zero-order valence-corrected chi connectivity index (χ0v) is 14.5. The summed E-state index contributed by atoms with van der Waals surface area (Å²) >= 11 is 0. The van der Waals surface area contributed by atoms with Gasteiger partial charge in [0.2, 0.25) is 0 Å². The molecule has 1 aliphatic heterocycles. The summed E-state index contributed by atoms with van der Waals surface area (Å²) in [6, 6.07) is 6.76. The highest BCUT2D eigenvalue weighted by atomic mass is 16.6. The van der Waals surface area contributed by atoms with E-state index in [1.54, 1.807) is 24.3 Å². The Labute approximate surface area is 150 Å². The van der Waals surface area contributed by atoms with Gasteiger partial charge < -0.3 is 23.9 Å². The van der Waals surface area contributed by atoms with Crippen molar-refractivity contribution >= 4 is 16.9 Å². The number of amides is 1. The second-order valence-electron chi connectivity index (χ2n) is 6.63. The average Bonchev–Trinajstić information content (AvgIpc) is 2.66. The number of nitrogens with one attached hydrogen (secondary N) is 1. The van der Waals surface area contributed by atoms with Gasteiger partial charge in [-0.25, -0.2) is 4.79 Å². The summed E-state index contributed by atoms with van der Waals surface area (Å²) in [6.45, 7) is 1.21. The zero-order chi connectivity index (χ0) is 18.1. The lowest BCUT2D eigenvalue weighted by Crippen LogP contribution is -2.49. The number of para-hydroxylation sites is 1. The van der Waals surface area contributed by atoms with Crippen LogP contribution in [-0.2, 0) is 9.47 Å². The van der Waals surface area contributed by atoms with E-state index >= 15 is 0 Å². The molecule has 7 heteroatoms. The van der Waals surface area contributed by atoms with E-state index in [2.05, 4.69) is 5.32 Å². The Kier molecular flexibility index (Phi) is 4.65. The number of fused-ring (bicyclic) bond motifs is 2. The third-order valence-electron chi connectivity index (χ3n) is 5.00. The van der Waals surface area contributed by atoms with Crippen LogP contribution in [0.3, 0.4) is 0 Å². The molecule has 0 bridgehead atoms. The van der Waals surface area contributed by atoms with Gasteiger partial charge in [0.1, 0.15) is 5.56 Å². The summed E-state index contributed by atoms with van der Waals surface area (Å²) in [6.07, 6.45) is 2.42. The molecule has 1 N–H and O–H groups in total. The number of carbonyl (C=O) groups excluding carboxylic acids is 1. The van der Waals surface area contributed by atoms with Crippen LogP contribution in [0.15, 0.2) is 33.5 Å². The van der Waals surface area contributed by atoms with Gasteiger partial charge in [0.05, 0.1) is 32.5 Å². The van der Waals surface area contributed by atoms with Crippen LogP contribution in [0.4, 0.5) is 0 Å². The van der Waals surface area contributed by atoms with Gasteiger partial charge in [0, 0.05) is 11.4 Å². The first-order valence-electron chi connectivity index (χ1n) is 8.80. The zero-order valence-electron chi connectivity index (χ0n) is 14.5. The molecule has 1 saturated carbocycles. The molecule has 0 spiro atoms. The van der Waals surface area contributed by atoms with Gasteiger partial charge in [-0.05, 0) is 31.4 Å². The highest BCUT2D eigenvalue weighted by molar-refractivity contribution is 5.97. The molecule has 1 aromatic heterocycles. The summed E-state index contributed by atoms with van der Waals surface area (Å²) in [5.41, 5.74) is -0.344. The second kappa shape index (κ2) is 7.09. The molecule has 2 aliphatic rings. The predicted molar refractivity (Wildman–Crippen MR) is 93.6 cm³/mol. The van der Waals surface area contributed by atoms with Crippen molar-refractivity contribution in [3.05, 3.63) is 40.2 Å². The lowest BCUT2D eigenvalue weighted by molar-refractivity contribution is -0.157. The number of methoxy groups -OCH3 is 1. The van der Waals surface area contributed by atoms with Gasteiger partial charge in [0.15, 0.2) is 11.3 Å². The molecule has 2 fully saturated rings. The monoisotopic (exact) mass is 359 g/mol. The van der Waals surface area contributed by atoms with Crippen molar-refractivity contribution in [2.45, 2.75) is 37.5 Å². The van der Waals surface area contributed by atoms with Crippen LogP contribution in [0, 0.1) is 0 Å². The number of benzene rings is 1. The van der Waals surface area contributed by atoms with Gasteiger partial charge in [-0.1, -0.05) is 12.1 Å². The highest BCUT2D eigenvalue weighted by Gasteiger charge is 2.35. The summed E-state index contributed by atoms with van der Waals surface area (Å²) in [7, 11) is 1.50. The van der Waals surface area contributed by atoms with E-state index < -0.39 is 11.5 Å². The normalized spacial score (nSPS) is 25.5. The van der Waals surface area contributed by atoms with E-state index in [0.29, 0.717) is 36.4 Å². The Hall–Kier alpha value is -2.38. The molecule has 3 atom stereocenters. The fraction of sp³-hybridized carbons (Fsp3) is 0.474. The lowest BCUT2D eigenvalue weighted by Gasteiger charge is -2.39. The molecule has 1 saturated heterocycles. The molecule has 1 amide bonds. The molecule has 4 rings (SSSR count). The molecule has 26 heavy (non-hydrogen) atoms. The minimum absolute atomic E-state index is 0.0000686. The highest BCUT2D eigenvalue weighted by Crippen LogP contribution is 2.27. The van der Waals surface area contributed by atoms with Gasteiger partial charge in [-0.15, -0.1) is 0 Å². The first kappa shape index (κ1) is 17.1. The fourth-order valence-corrected chi connectivity index (χ4v) is 3.70. The Morgan fingerprint density at radius 3 is 2.81 bits per heavy atom. The van der Waals surface area contributed by atoms with Crippen LogP contribution in [0.2, 0.25) is 0 Å². The number of carbonyl (C=O) groups is 1. The van der Waals surface area contributed by atoms with Crippen molar-refractivity contribution in [2.24, 2.45) is 0 Å². The third kappa shape index (κ3) is 3.20. The maximum atomic E-state index is 12.6. The first-order chi connectivity index (χ1) is 12.7. The van der Waals surface area contributed by atoms with Crippen molar-refractivity contribution in [2.75, 3.05) is 20.3 Å². The predicted octanol–water partition coefficient (Wildman–Crippen LogP) is 1.87. The first-order valence-corrected chi connectivity index (χ1v) is 8.80. The molecule has 2 aromatic rings. The molecule has 2 heterocycles. The summed E-state index contributed by atoms with van der Waals surface area (Å²) < 4.78 is 22.0. The minimum Gasteiger partial charge on any atom is -0.493 e. The SMILES string of the molecule is COc1cccc2cc(C(=O)NC3CCC4OCCOC4C3)c(=O)oc12. The Morgan fingerprint density at radius 2 is 2.00 bits per heavy atom. The Balaban J connectivity index is 1.53. The van der Waals surface area contributed by atoms with E-state index in [0.717, 1.165) is 12.8 Å². The maximum absolute atomic E-state index is 12.6. The van der Waals surface area contributed by atoms with Crippen molar-refractivity contribution < 1.29 is 23.4 Å². The van der Waals surface area contributed by atoms with E-state index in [4.69, 9.17) is 18.6 Å². The van der Waals surface area contributed by atoms with Crippen molar-refractivity contribution in [3.8, 4) is 5.75 Å². The van der Waals surface area contributed by atoms with E-state index in [1.165, 1.54) is 7.11 Å². The topological polar surface area (TPSA) is 87.0 Å². The lowest BCUT2D eigenvalue weighted by atomic mass is 9.89. The van der Waals surface area contributed by atoms with Crippen LogP contribution in [-0.4, -0.2) is 44.5 Å². The van der Waals surface area contributed by atoms with E-state index in [1.807, 2.05) is 0 Å². The molecule has 1 aliphatic carbocycles. The quantitative estimate of drug-likeness (QED) is 0.842. The smallest absolute Gasteiger partial charge is 0.349 e. The van der Waals surface area contributed by atoms with E-state index in [9.17, 15) is 9.59 Å². The number of hydrogen-bond donors (Lipinski definition) is 1. The second-order valence-corrected chi connectivity index (χ2v) is 6.63. The number of hydrogen-bond acceptors (Lipinski definition) is 6. The van der Waals surface area contributed by atoms with Gasteiger partial charge in [-0.2, -0.15) is 0 Å². The molecule has 1 aromatic carbocycles. The summed E-state index contributed by atoms with van der Waals surface area (Å²) in [5.74, 6) is 0.0305. The molecular weight excluding hydrogens is 338 g/mol. The summed E-state index contributed by atoms with van der Waals surface area (Å²) in [5, 5.41) is 3.58. The third-order valence-corrected chi connectivity index (χ3v) is 5.00. The van der Waals surface area contributed by atoms with Gasteiger partial charge in [0.25, 0.3) is 5.91 Å². The summed E-state index contributed by atoms with van der Waals surface area (Å²) in [4.78, 5) is 24.9. The largest absolute Gasteiger partial charge is 0.493 e. The minimum atomic E-state index is -0.676. The molecule has 0 radical (unpaired) electrons. The van der Waals surface area contributed by atoms with Crippen LogP contribution in [0.25, 0.3) is 11.0 Å². The van der Waals surface area contributed by atoms with Gasteiger partial charge in [-0.3, -0.25) is 4.79 Å². The maximum Gasteiger partial charge on any atom is 0.349 e. The van der Waals surface area contributed by atoms with Crippen LogP contribution in [0.1, 0.15) is 29.6 Å². The van der Waals surface area contributed by atoms with Crippen molar-refractivity contribution in [3.63, 3.8) is 0 Å². The Bertz CT molecular complexity index is 876. The Morgan fingerprint density at radius 1 is 1.19 bits per heavy atom. The van der Waals surface area contributed by atoms with Gasteiger partial charge >= 0.3 is 5.63 Å². The van der Waals surface area contributed by atoms with Crippen LogP contribution in [0.5, 0.6) is 5.75 Å². The number of rotatable bonds is 3. The fourth-order valence-electron chi connectivity index (χ4n) is 3.70. The average molecular weight is 359 g/mol. The van der Waals surface area contributed by atoms with Crippen LogP contribution >= 0.6 is 0 Å². The standard InChI is InChI=1S/C19H21NO6/c1-23-15-4-2-3-11-9-13(19(22)26-17(11)15)18(21)20-12-5-6-14-16(10-12)25-8-7-24-14/h2-4,9,12,14,16H,5-8,10H2,1H3,(H,20,21). The molecule has 3 unspecified atom stereocenters. The van der Waals surface area contributed by atoms with E-state index in [-0.39, 0.29) is 23.8 Å². The van der Waals surface area contributed by atoms with Crippen LogP contribution < -0.4 is 15.7 Å². The number of ether oxygens (including phenoxy) is 3. The molecule has 138 valence electrons. The molecular formula is C19H21NO6. The van der Waals surface area contributed by atoms with Crippen molar-refractivity contribution in [1.82, 2.24) is 5.32 Å². The molecule has 7 nitrogen and oxygen atoms in total.